The molecule has 1 atom stereocenters. The maximum absolute atomic E-state index is 10.8. The van der Waals surface area contributed by atoms with Crippen molar-refractivity contribution >= 4 is 5.91 Å². The van der Waals surface area contributed by atoms with E-state index < -0.39 is 0 Å². The number of hydrogen-bond donors (Lipinski definition) is 3. The van der Waals surface area contributed by atoms with E-state index in [0.717, 1.165) is 0 Å². The van der Waals surface area contributed by atoms with Gasteiger partial charge in [0.1, 0.15) is 0 Å². The number of carbonyl (C=O) groups is 1. The lowest BCUT2D eigenvalue weighted by Gasteiger charge is -2.18. The Balaban J connectivity index is 2.81. The average molecular weight is 239 g/mol. The van der Waals surface area contributed by atoms with Crippen molar-refractivity contribution in [1.29, 1.82) is 0 Å². The van der Waals surface area contributed by atoms with Crippen LogP contribution in [0.5, 0.6) is 11.5 Å². The number of phenols is 2. The van der Waals surface area contributed by atoms with E-state index >= 15 is 0 Å². The highest BCUT2D eigenvalue weighted by atomic mass is 16.5. The smallest absolute Gasteiger partial charge is 0.216 e. The molecule has 0 radical (unpaired) electrons. The number of hydrogen-bond acceptors (Lipinski definition) is 4. The lowest BCUT2D eigenvalue weighted by atomic mass is 10.1. The molecule has 0 aliphatic heterocycles. The first-order chi connectivity index (χ1) is 8.04. The minimum absolute atomic E-state index is 0.141. The second-order valence-corrected chi connectivity index (χ2v) is 3.63. The largest absolute Gasteiger partial charge is 0.504 e. The Morgan fingerprint density at radius 1 is 1.41 bits per heavy atom. The minimum Gasteiger partial charge on any atom is -0.504 e. The summed E-state index contributed by atoms with van der Waals surface area (Å²) in [6.07, 6.45) is -0.338. The summed E-state index contributed by atoms with van der Waals surface area (Å²) in [5.74, 6) is -0.517. The van der Waals surface area contributed by atoms with E-state index in [1.165, 1.54) is 19.1 Å². The van der Waals surface area contributed by atoms with Crippen LogP contribution < -0.4 is 5.32 Å². The van der Waals surface area contributed by atoms with Gasteiger partial charge in [0, 0.05) is 20.1 Å². The molecule has 1 aromatic rings. The van der Waals surface area contributed by atoms with E-state index in [4.69, 9.17) is 4.74 Å². The number of carbonyl (C=O) groups excluding carboxylic acids is 1. The van der Waals surface area contributed by atoms with Crippen LogP contribution >= 0.6 is 0 Å². The SMILES string of the molecule is CCO[C@@H](CNC(C)=O)c1ccc(O)c(O)c1. The Morgan fingerprint density at radius 3 is 2.65 bits per heavy atom. The topological polar surface area (TPSA) is 78.8 Å². The molecule has 94 valence electrons. The van der Waals surface area contributed by atoms with Crippen LogP contribution in [0.1, 0.15) is 25.5 Å². The van der Waals surface area contributed by atoms with Gasteiger partial charge in [-0.15, -0.1) is 0 Å². The summed E-state index contributed by atoms with van der Waals surface area (Å²) in [5.41, 5.74) is 0.705. The van der Waals surface area contributed by atoms with Crippen LogP contribution in [0.2, 0.25) is 0 Å². The van der Waals surface area contributed by atoms with E-state index in [2.05, 4.69) is 5.32 Å². The van der Waals surface area contributed by atoms with Gasteiger partial charge in [-0.3, -0.25) is 4.79 Å². The molecule has 0 aliphatic carbocycles. The fourth-order valence-electron chi connectivity index (χ4n) is 1.45. The molecule has 5 heteroatoms. The number of benzene rings is 1. The van der Waals surface area contributed by atoms with Gasteiger partial charge in [-0.25, -0.2) is 0 Å². The fourth-order valence-corrected chi connectivity index (χ4v) is 1.45. The molecular formula is C12H17NO4. The van der Waals surface area contributed by atoms with Crippen molar-refractivity contribution in [2.24, 2.45) is 0 Å². The minimum atomic E-state index is -0.338. The highest BCUT2D eigenvalue weighted by Gasteiger charge is 2.13. The Morgan fingerprint density at radius 2 is 2.12 bits per heavy atom. The van der Waals surface area contributed by atoms with Crippen molar-refractivity contribution in [2.75, 3.05) is 13.2 Å². The van der Waals surface area contributed by atoms with Gasteiger partial charge in [0.2, 0.25) is 5.91 Å². The molecule has 3 N–H and O–H groups in total. The quantitative estimate of drug-likeness (QED) is 0.677. The third-order valence-corrected chi connectivity index (χ3v) is 2.28. The standard InChI is InChI=1S/C12H17NO4/c1-3-17-12(7-13-8(2)14)9-4-5-10(15)11(16)6-9/h4-6,12,15-16H,3,7H2,1-2H3,(H,13,14)/t12-/m0/s1. The zero-order valence-corrected chi connectivity index (χ0v) is 9.93. The predicted molar refractivity (Wildman–Crippen MR) is 62.8 cm³/mol. The summed E-state index contributed by atoms with van der Waals surface area (Å²) in [5, 5.41) is 21.3. The van der Waals surface area contributed by atoms with E-state index in [1.54, 1.807) is 6.07 Å². The molecule has 0 unspecified atom stereocenters. The lowest BCUT2D eigenvalue weighted by molar-refractivity contribution is -0.119. The lowest BCUT2D eigenvalue weighted by Crippen LogP contribution is -2.27. The van der Waals surface area contributed by atoms with Gasteiger partial charge in [0.15, 0.2) is 11.5 Å². The summed E-state index contributed by atoms with van der Waals surface area (Å²) < 4.78 is 5.47. The summed E-state index contributed by atoms with van der Waals surface area (Å²) in [6.45, 7) is 4.09. The fraction of sp³-hybridized carbons (Fsp3) is 0.417. The first kappa shape index (κ1) is 13.3. The average Bonchev–Trinajstić information content (AvgIpc) is 2.28. The molecule has 1 rings (SSSR count). The van der Waals surface area contributed by atoms with Gasteiger partial charge < -0.3 is 20.3 Å². The van der Waals surface area contributed by atoms with E-state index in [0.29, 0.717) is 18.7 Å². The van der Waals surface area contributed by atoms with Crippen molar-refractivity contribution in [3.63, 3.8) is 0 Å². The summed E-state index contributed by atoms with van der Waals surface area (Å²) in [6, 6.07) is 4.47. The predicted octanol–water partition coefficient (Wildman–Crippen LogP) is 1.31. The first-order valence-corrected chi connectivity index (χ1v) is 5.42. The van der Waals surface area contributed by atoms with Crippen LogP contribution in [-0.4, -0.2) is 29.3 Å². The Bertz CT molecular complexity index is 392. The second-order valence-electron chi connectivity index (χ2n) is 3.63. The summed E-state index contributed by atoms with van der Waals surface area (Å²) in [4.78, 5) is 10.8. The van der Waals surface area contributed by atoms with Crippen molar-refractivity contribution < 1.29 is 19.7 Å². The molecule has 1 aromatic carbocycles. The van der Waals surface area contributed by atoms with Crippen molar-refractivity contribution in [1.82, 2.24) is 5.32 Å². The van der Waals surface area contributed by atoms with Crippen molar-refractivity contribution in [3.8, 4) is 11.5 Å². The molecule has 5 nitrogen and oxygen atoms in total. The van der Waals surface area contributed by atoms with Gasteiger partial charge in [-0.2, -0.15) is 0 Å². The first-order valence-electron chi connectivity index (χ1n) is 5.42. The second kappa shape index (κ2) is 6.10. The Labute approximate surface area is 100 Å². The number of rotatable bonds is 5. The van der Waals surface area contributed by atoms with Gasteiger partial charge in [0.25, 0.3) is 0 Å². The number of aromatic hydroxyl groups is 2. The van der Waals surface area contributed by atoms with Crippen LogP contribution in [0.15, 0.2) is 18.2 Å². The van der Waals surface area contributed by atoms with Gasteiger partial charge in [-0.05, 0) is 24.6 Å². The molecule has 1 amide bonds. The van der Waals surface area contributed by atoms with Gasteiger partial charge in [-0.1, -0.05) is 6.07 Å². The van der Waals surface area contributed by atoms with E-state index in [-0.39, 0.29) is 23.5 Å². The molecule has 0 saturated heterocycles. The van der Waals surface area contributed by atoms with Gasteiger partial charge >= 0.3 is 0 Å². The monoisotopic (exact) mass is 239 g/mol. The molecule has 17 heavy (non-hydrogen) atoms. The van der Waals surface area contributed by atoms with E-state index in [1.807, 2.05) is 6.92 Å². The maximum atomic E-state index is 10.8. The van der Waals surface area contributed by atoms with Crippen LogP contribution in [0, 0.1) is 0 Å². The molecule has 0 bridgehead atoms. The molecule has 0 heterocycles. The molecule has 0 saturated carbocycles. The van der Waals surface area contributed by atoms with Crippen LogP contribution in [0.3, 0.4) is 0 Å². The van der Waals surface area contributed by atoms with Gasteiger partial charge in [0.05, 0.1) is 6.10 Å². The maximum Gasteiger partial charge on any atom is 0.216 e. The summed E-state index contributed by atoms with van der Waals surface area (Å²) in [7, 11) is 0. The van der Waals surface area contributed by atoms with Crippen molar-refractivity contribution in [3.05, 3.63) is 23.8 Å². The number of amides is 1. The number of phenolic OH excluding ortho intramolecular Hbond substituents is 2. The number of ether oxygens (including phenoxy) is 1. The Kier molecular flexibility index (Phi) is 4.78. The van der Waals surface area contributed by atoms with Crippen molar-refractivity contribution in [2.45, 2.75) is 20.0 Å². The van der Waals surface area contributed by atoms with Crippen LogP contribution in [-0.2, 0) is 9.53 Å². The third kappa shape index (κ3) is 3.96. The van der Waals surface area contributed by atoms with Crippen LogP contribution in [0.25, 0.3) is 0 Å². The zero-order valence-electron chi connectivity index (χ0n) is 9.93. The zero-order chi connectivity index (χ0) is 12.8. The van der Waals surface area contributed by atoms with E-state index in [9.17, 15) is 15.0 Å². The molecule has 0 aliphatic rings. The molecule has 0 aromatic heterocycles. The highest BCUT2D eigenvalue weighted by molar-refractivity contribution is 5.72. The molecule has 0 fully saturated rings. The molecular weight excluding hydrogens is 222 g/mol. The highest BCUT2D eigenvalue weighted by Crippen LogP contribution is 2.28. The Hall–Kier alpha value is -1.75. The normalized spacial score (nSPS) is 12.1. The van der Waals surface area contributed by atoms with Crippen LogP contribution in [0.4, 0.5) is 0 Å². The third-order valence-electron chi connectivity index (χ3n) is 2.28. The summed E-state index contributed by atoms with van der Waals surface area (Å²) >= 11 is 0. The number of nitrogens with one attached hydrogen (secondary N) is 1. The molecule has 0 spiro atoms.